The molecule has 1 fully saturated rings. The average molecular weight is 421 g/mol. The molecule has 1 amide bonds. The van der Waals surface area contributed by atoms with Gasteiger partial charge in [0.15, 0.2) is 0 Å². The maximum atomic E-state index is 13.0. The zero-order valence-corrected chi connectivity index (χ0v) is 17.7. The normalized spacial score (nSPS) is 18.1. The molecule has 0 N–H and O–H groups in total. The average Bonchev–Trinajstić information content (AvgIpc) is 2.94. The highest BCUT2D eigenvalue weighted by atomic mass is 35.5. The first kappa shape index (κ1) is 20.8. The van der Waals surface area contributed by atoms with Gasteiger partial charge in [-0.25, -0.2) is 12.7 Å². The van der Waals surface area contributed by atoms with Crippen LogP contribution in [0, 0.1) is 0 Å². The van der Waals surface area contributed by atoms with Crippen molar-refractivity contribution in [3.8, 4) is 0 Å². The van der Waals surface area contributed by atoms with Crippen LogP contribution in [0.3, 0.4) is 0 Å². The maximum Gasteiger partial charge on any atom is 0.253 e. The quantitative estimate of drug-likeness (QED) is 0.751. The molecule has 150 valence electrons. The van der Waals surface area contributed by atoms with E-state index in [1.54, 1.807) is 12.1 Å². The van der Waals surface area contributed by atoms with Crippen molar-refractivity contribution in [1.82, 2.24) is 9.21 Å². The van der Waals surface area contributed by atoms with Gasteiger partial charge in [-0.15, -0.1) is 0 Å². The lowest BCUT2D eigenvalue weighted by Gasteiger charge is -2.25. The summed E-state index contributed by atoms with van der Waals surface area (Å²) in [6.45, 7) is 1.36. The van der Waals surface area contributed by atoms with Gasteiger partial charge in [-0.1, -0.05) is 30.2 Å². The van der Waals surface area contributed by atoms with E-state index in [-0.39, 0.29) is 16.7 Å². The Bertz CT molecular complexity index is 925. The molecule has 0 aliphatic carbocycles. The Morgan fingerprint density at radius 2 is 1.68 bits per heavy atom. The van der Waals surface area contributed by atoms with Crippen molar-refractivity contribution in [3.05, 3.63) is 64.7 Å². The van der Waals surface area contributed by atoms with Crippen LogP contribution in [0.25, 0.3) is 0 Å². The van der Waals surface area contributed by atoms with Crippen molar-refractivity contribution in [2.75, 3.05) is 27.2 Å². The second kappa shape index (κ2) is 8.64. The molecule has 3 rings (SSSR count). The largest absolute Gasteiger partial charge is 0.338 e. The number of halogens is 1. The predicted molar refractivity (Wildman–Crippen MR) is 111 cm³/mol. The summed E-state index contributed by atoms with van der Waals surface area (Å²) < 4.78 is 25.6. The van der Waals surface area contributed by atoms with E-state index >= 15 is 0 Å². The predicted octanol–water partition coefficient (Wildman–Crippen LogP) is 4.00. The number of carbonyl (C=O) groups excluding carboxylic acids is 1. The van der Waals surface area contributed by atoms with Crippen molar-refractivity contribution in [2.24, 2.45) is 0 Å². The van der Waals surface area contributed by atoms with E-state index in [1.807, 2.05) is 29.2 Å². The van der Waals surface area contributed by atoms with Gasteiger partial charge in [-0.2, -0.15) is 0 Å². The minimum Gasteiger partial charge on any atom is -0.338 e. The first-order valence-electron chi connectivity index (χ1n) is 9.36. The number of benzene rings is 2. The van der Waals surface area contributed by atoms with E-state index < -0.39 is 10.0 Å². The van der Waals surface area contributed by atoms with Crippen LogP contribution in [0.1, 0.15) is 41.1 Å². The lowest BCUT2D eigenvalue weighted by atomic mass is 9.94. The third-order valence-corrected chi connectivity index (χ3v) is 7.26. The molecule has 0 bridgehead atoms. The lowest BCUT2D eigenvalue weighted by Crippen LogP contribution is -2.34. The van der Waals surface area contributed by atoms with Crippen LogP contribution in [0.15, 0.2) is 53.4 Å². The Hall–Kier alpha value is -1.89. The molecule has 28 heavy (non-hydrogen) atoms. The number of likely N-dealkylation sites (tertiary alicyclic amines) is 1. The molecule has 0 unspecified atom stereocenters. The fourth-order valence-electron chi connectivity index (χ4n) is 3.50. The number of nitrogens with zero attached hydrogens (tertiary/aromatic N) is 2. The van der Waals surface area contributed by atoms with Crippen LogP contribution in [0.2, 0.25) is 5.02 Å². The van der Waals surface area contributed by atoms with Crippen LogP contribution in [0.4, 0.5) is 0 Å². The van der Waals surface area contributed by atoms with Gasteiger partial charge in [-0.3, -0.25) is 4.79 Å². The van der Waals surface area contributed by atoms with Crippen LogP contribution in [-0.2, 0) is 10.0 Å². The highest BCUT2D eigenvalue weighted by molar-refractivity contribution is 7.89. The lowest BCUT2D eigenvalue weighted by molar-refractivity contribution is 0.0754. The summed E-state index contributed by atoms with van der Waals surface area (Å²) in [5, 5.41) is 0.707. The molecule has 0 saturated carbocycles. The Labute approximate surface area is 172 Å². The van der Waals surface area contributed by atoms with E-state index in [1.165, 1.54) is 31.8 Å². The smallest absolute Gasteiger partial charge is 0.253 e. The maximum absolute atomic E-state index is 13.0. The van der Waals surface area contributed by atoms with Gasteiger partial charge >= 0.3 is 0 Å². The van der Waals surface area contributed by atoms with Crippen LogP contribution >= 0.6 is 11.6 Å². The number of sulfonamides is 1. The van der Waals surface area contributed by atoms with E-state index in [0.29, 0.717) is 23.7 Å². The van der Waals surface area contributed by atoms with Gasteiger partial charge in [0.2, 0.25) is 10.0 Å². The second-order valence-electron chi connectivity index (χ2n) is 7.31. The minimum absolute atomic E-state index is 0.0605. The van der Waals surface area contributed by atoms with Crippen molar-refractivity contribution < 1.29 is 13.2 Å². The van der Waals surface area contributed by atoms with E-state index in [4.69, 9.17) is 11.6 Å². The Kier molecular flexibility index (Phi) is 6.43. The Balaban J connectivity index is 1.78. The van der Waals surface area contributed by atoms with Crippen molar-refractivity contribution >= 4 is 27.5 Å². The molecule has 1 atom stereocenters. The van der Waals surface area contributed by atoms with Crippen molar-refractivity contribution in [2.45, 2.75) is 30.1 Å². The van der Waals surface area contributed by atoms with Gasteiger partial charge in [0, 0.05) is 43.7 Å². The summed E-state index contributed by atoms with van der Waals surface area (Å²) in [5.74, 6) is 0.215. The highest BCUT2D eigenvalue weighted by Gasteiger charge is 2.25. The molecule has 0 spiro atoms. The van der Waals surface area contributed by atoms with Gasteiger partial charge < -0.3 is 4.90 Å². The van der Waals surface area contributed by atoms with E-state index in [0.717, 1.165) is 23.6 Å². The van der Waals surface area contributed by atoms with E-state index in [9.17, 15) is 13.2 Å². The molecular weight excluding hydrogens is 396 g/mol. The standard InChI is InChI=1S/C21H25ClN2O3S/c1-23(2)28(26,27)20-12-8-17(9-13-20)21(25)24-14-4-3-5-18(15-24)16-6-10-19(22)11-7-16/h6-13,18H,3-5,14-15H2,1-2H3/t18-/m1/s1. The van der Waals surface area contributed by atoms with Gasteiger partial charge in [0.05, 0.1) is 4.90 Å². The zero-order chi connectivity index (χ0) is 20.3. The van der Waals surface area contributed by atoms with Crippen molar-refractivity contribution in [3.63, 3.8) is 0 Å². The van der Waals surface area contributed by atoms with Crippen LogP contribution in [-0.4, -0.2) is 50.7 Å². The molecule has 7 heteroatoms. The third-order valence-electron chi connectivity index (χ3n) is 5.18. The SMILES string of the molecule is CN(C)S(=O)(=O)c1ccc(C(=O)N2CCCC[C@@H](c3ccc(Cl)cc3)C2)cc1. The molecule has 1 heterocycles. The topological polar surface area (TPSA) is 57.7 Å². The summed E-state index contributed by atoms with van der Waals surface area (Å²) in [6.07, 6.45) is 3.06. The number of amides is 1. The van der Waals surface area contributed by atoms with Gasteiger partial charge in [0.25, 0.3) is 5.91 Å². The number of rotatable bonds is 4. The Morgan fingerprint density at radius 1 is 1.04 bits per heavy atom. The first-order chi connectivity index (χ1) is 13.3. The summed E-state index contributed by atoms with van der Waals surface area (Å²) in [5.41, 5.74) is 1.70. The molecule has 1 saturated heterocycles. The molecular formula is C21H25ClN2O3S. The Morgan fingerprint density at radius 3 is 2.29 bits per heavy atom. The van der Waals surface area contributed by atoms with Gasteiger partial charge in [-0.05, 0) is 54.8 Å². The van der Waals surface area contributed by atoms with Crippen molar-refractivity contribution in [1.29, 1.82) is 0 Å². The fourth-order valence-corrected chi connectivity index (χ4v) is 4.52. The number of hydrogen-bond acceptors (Lipinski definition) is 3. The first-order valence-corrected chi connectivity index (χ1v) is 11.2. The zero-order valence-electron chi connectivity index (χ0n) is 16.1. The molecule has 0 radical (unpaired) electrons. The molecule has 2 aromatic carbocycles. The molecule has 5 nitrogen and oxygen atoms in total. The summed E-state index contributed by atoms with van der Waals surface area (Å²) >= 11 is 6.00. The third kappa shape index (κ3) is 4.57. The summed E-state index contributed by atoms with van der Waals surface area (Å²) in [4.78, 5) is 15.1. The molecule has 0 aromatic heterocycles. The summed E-state index contributed by atoms with van der Waals surface area (Å²) in [6, 6.07) is 14.0. The summed E-state index contributed by atoms with van der Waals surface area (Å²) in [7, 11) is -0.524. The van der Waals surface area contributed by atoms with Crippen LogP contribution < -0.4 is 0 Å². The second-order valence-corrected chi connectivity index (χ2v) is 9.90. The molecule has 1 aliphatic heterocycles. The van der Waals surface area contributed by atoms with Gasteiger partial charge in [0.1, 0.15) is 0 Å². The van der Waals surface area contributed by atoms with Crippen LogP contribution in [0.5, 0.6) is 0 Å². The number of carbonyl (C=O) groups is 1. The fraction of sp³-hybridized carbons (Fsp3) is 0.381. The van der Waals surface area contributed by atoms with E-state index in [2.05, 4.69) is 0 Å². The molecule has 2 aromatic rings. The molecule has 1 aliphatic rings. The minimum atomic E-state index is -3.50. The monoisotopic (exact) mass is 420 g/mol. The number of hydrogen-bond donors (Lipinski definition) is 0. The highest BCUT2D eigenvalue weighted by Crippen LogP contribution is 2.28.